The maximum atomic E-state index is 11.9. The van der Waals surface area contributed by atoms with Crippen LogP contribution in [0.1, 0.15) is 42.5 Å². The summed E-state index contributed by atoms with van der Waals surface area (Å²) in [6.07, 6.45) is 1.65. The van der Waals surface area contributed by atoms with Crippen LogP contribution >= 0.6 is 0 Å². The molecule has 1 amide bonds. The lowest BCUT2D eigenvalue weighted by atomic mass is 10.00. The second-order valence-corrected chi connectivity index (χ2v) is 8.10. The fourth-order valence-electron chi connectivity index (χ4n) is 4.22. The molecule has 0 radical (unpaired) electrons. The summed E-state index contributed by atoms with van der Waals surface area (Å²) >= 11 is 0. The topological polar surface area (TPSA) is 56.7 Å². The molecule has 0 spiro atoms. The van der Waals surface area contributed by atoms with Crippen LogP contribution in [0.2, 0.25) is 0 Å². The predicted octanol–water partition coefficient (Wildman–Crippen LogP) is 4.39. The Hall–Kier alpha value is -3.34. The van der Waals surface area contributed by atoms with Crippen molar-refractivity contribution in [1.82, 2.24) is 15.5 Å². The number of amides is 1. The Labute approximate surface area is 184 Å². The highest BCUT2D eigenvalue weighted by Crippen LogP contribution is 2.24. The van der Waals surface area contributed by atoms with Gasteiger partial charge in [-0.25, -0.2) is 0 Å². The fourth-order valence-corrected chi connectivity index (χ4v) is 4.22. The number of nitrogens with one attached hydrogen (secondary N) is 2. The van der Waals surface area contributed by atoms with Crippen LogP contribution in [-0.4, -0.2) is 30.4 Å². The third-order valence-electron chi connectivity index (χ3n) is 5.86. The normalized spacial score (nSPS) is 15.4. The van der Waals surface area contributed by atoms with Gasteiger partial charge in [-0.05, 0) is 40.8 Å². The molecule has 1 aliphatic rings. The Balaban J connectivity index is 1.38. The number of hydrogen-bond donors (Lipinski definition) is 2. The summed E-state index contributed by atoms with van der Waals surface area (Å²) in [5.74, 6) is 1.02. The number of likely N-dealkylation sites (tertiary alicyclic amines) is 1. The average molecular weight is 415 g/mol. The van der Waals surface area contributed by atoms with Gasteiger partial charge in [0, 0.05) is 33.1 Å². The Morgan fingerprint density at radius 1 is 1.06 bits per heavy atom. The lowest BCUT2D eigenvalue weighted by molar-refractivity contribution is -0.128. The molecule has 1 aliphatic heterocycles. The van der Waals surface area contributed by atoms with E-state index in [2.05, 4.69) is 89.3 Å². The van der Waals surface area contributed by atoms with Gasteiger partial charge in [0.2, 0.25) is 5.91 Å². The molecule has 1 fully saturated rings. The number of aliphatic imine (C=N–C) groups is 1. The van der Waals surface area contributed by atoms with Crippen LogP contribution in [0.5, 0.6) is 0 Å². The standard InChI is InChI=1S/C26H30N4O/c1-19(23-13-6-11-22-10-3-4-12-24(22)23)29-26(27-2)28-17-20-8-5-9-21(16-20)18-30-15-7-14-25(30)31/h3-6,8-13,16,19H,7,14-15,17-18H2,1-2H3,(H2,27,28,29). The molecule has 1 heterocycles. The molecule has 1 unspecified atom stereocenters. The third kappa shape index (κ3) is 5.05. The largest absolute Gasteiger partial charge is 0.352 e. The summed E-state index contributed by atoms with van der Waals surface area (Å²) in [5.41, 5.74) is 3.59. The molecule has 3 aromatic rings. The van der Waals surface area contributed by atoms with Gasteiger partial charge in [-0.1, -0.05) is 66.7 Å². The number of carbonyl (C=O) groups excluding carboxylic acids is 1. The zero-order valence-electron chi connectivity index (χ0n) is 18.3. The van der Waals surface area contributed by atoms with Crippen LogP contribution in [0.25, 0.3) is 10.8 Å². The summed E-state index contributed by atoms with van der Waals surface area (Å²) in [7, 11) is 1.79. The van der Waals surface area contributed by atoms with Crippen LogP contribution in [0.4, 0.5) is 0 Å². The number of carbonyl (C=O) groups is 1. The van der Waals surface area contributed by atoms with Gasteiger partial charge in [0.25, 0.3) is 0 Å². The summed E-state index contributed by atoms with van der Waals surface area (Å²) in [5, 5.41) is 9.43. The van der Waals surface area contributed by atoms with Crippen molar-refractivity contribution in [3.8, 4) is 0 Å². The minimum Gasteiger partial charge on any atom is -0.352 e. The van der Waals surface area contributed by atoms with E-state index in [1.807, 2.05) is 4.90 Å². The van der Waals surface area contributed by atoms with Gasteiger partial charge in [-0.2, -0.15) is 0 Å². The Morgan fingerprint density at radius 3 is 2.65 bits per heavy atom. The molecule has 0 saturated carbocycles. The third-order valence-corrected chi connectivity index (χ3v) is 5.86. The van der Waals surface area contributed by atoms with E-state index in [1.54, 1.807) is 7.05 Å². The van der Waals surface area contributed by atoms with E-state index in [1.165, 1.54) is 27.5 Å². The molecule has 1 atom stereocenters. The summed E-state index contributed by atoms with van der Waals surface area (Å²) in [4.78, 5) is 18.3. The van der Waals surface area contributed by atoms with Crippen molar-refractivity contribution in [2.45, 2.75) is 38.9 Å². The van der Waals surface area contributed by atoms with Crippen LogP contribution in [-0.2, 0) is 17.9 Å². The van der Waals surface area contributed by atoms with E-state index in [-0.39, 0.29) is 11.9 Å². The molecule has 160 valence electrons. The van der Waals surface area contributed by atoms with E-state index in [0.717, 1.165) is 18.9 Å². The van der Waals surface area contributed by atoms with Crippen molar-refractivity contribution in [2.24, 2.45) is 4.99 Å². The molecule has 5 heteroatoms. The number of fused-ring (bicyclic) bond motifs is 1. The van der Waals surface area contributed by atoms with E-state index < -0.39 is 0 Å². The van der Waals surface area contributed by atoms with E-state index in [0.29, 0.717) is 19.5 Å². The minimum absolute atomic E-state index is 0.116. The summed E-state index contributed by atoms with van der Waals surface area (Å²) in [6.45, 7) is 4.38. The van der Waals surface area contributed by atoms with E-state index in [4.69, 9.17) is 0 Å². The van der Waals surface area contributed by atoms with Gasteiger partial charge in [-0.3, -0.25) is 9.79 Å². The van der Waals surface area contributed by atoms with Gasteiger partial charge in [0.1, 0.15) is 0 Å². The molecule has 0 aromatic heterocycles. The molecular weight excluding hydrogens is 384 g/mol. The van der Waals surface area contributed by atoms with Crippen molar-refractivity contribution in [2.75, 3.05) is 13.6 Å². The van der Waals surface area contributed by atoms with Crippen LogP contribution < -0.4 is 10.6 Å². The van der Waals surface area contributed by atoms with Crippen LogP contribution in [0.3, 0.4) is 0 Å². The van der Waals surface area contributed by atoms with Gasteiger partial charge in [0.05, 0.1) is 6.04 Å². The van der Waals surface area contributed by atoms with Crippen molar-refractivity contribution in [3.05, 3.63) is 83.4 Å². The second-order valence-electron chi connectivity index (χ2n) is 8.10. The molecule has 0 aliphatic carbocycles. The molecule has 3 aromatic carbocycles. The van der Waals surface area contributed by atoms with Gasteiger partial charge < -0.3 is 15.5 Å². The average Bonchev–Trinajstić information content (AvgIpc) is 3.20. The lowest BCUT2D eigenvalue weighted by Crippen LogP contribution is -2.38. The monoisotopic (exact) mass is 414 g/mol. The highest BCUT2D eigenvalue weighted by Gasteiger charge is 2.20. The van der Waals surface area contributed by atoms with Crippen molar-refractivity contribution < 1.29 is 4.79 Å². The lowest BCUT2D eigenvalue weighted by Gasteiger charge is -2.20. The molecule has 4 rings (SSSR count). The maximum Gasteiger partial charge on any atom is 0.222 e. The van der Waals surface area contributed by atoms with Gasteiger partial charge in [0.15, 0.2) is 5.96 Å². The molecule has 0 bridgehead atoms. The van der Waals surface area contributed by atoms with Gasteiger partial charge in [-0.15, -0.1) is 0 Å². The quantitative estimate of drug-likeness (QED) is 0.465. The number of hydrogen-bond acceptors (Lipinski definition) is 2. The smallest absolute Gasteiger partial charge is 0.222 e. The highest BCUT2D eigenvalue weighted by molar-refractivity contribution is 5.87. The fraction of sp³-hybridized carbons (Fsp3) is 0.308. The first-order chi connectivity index (χ1) is 15.1. The number of guanidine groups is 1. The van der Waals surface area contributed by atoms with Gasteiger partial charge >= 0.3 is 0 Å². The number of nitrogens with zero attached hydrogens (tertiary/aromatic N) is 2. The Morgan fingerprint density at radius 2 is 1.84 bits per heavy atom. The Kier molecular flexibility index (Phi) is 6.51. The minimum atomic E-state index is 0.116. The van der Waals surface area contributed by atoms with E-state index in [9.17, 15) is 4.79 Å². The Bertz CT molecular complexity index is 1090. The first-order valence-electron chi connectivity index (χ1n) is 10.9. The second kappa shape index (κ2) is 9.65. The SMILES string of the molecule is CN=C(NCc1cccc(CN2CCCC2=O)c1)NC(C)c1cccc2ccccc12. The maximum absolute atomic E-state index is 11.9. The highest BCUT2D eigenvalue weighted by atomic mass is 16.2. The van der Waals surface area contributed by atoms with Crippen molar-refractivity contribution in [3.63, 3.8) is 0 Å². The molecule has 1 saturated heterocycles. The number of benzene rings is 3. The first-order valence-corrected chi connectivity index (χ1v) is 10.9. The molecule has 5 nitrogen and oxygen atoms in total. The van der Waals surface area contributed by atoms with Crippen molar-refractivity contribution >= 4 is 22.6 Å². The predicted molar refractivity (Wildman–Crippen MR) is 127 cm³/mol. The summed E-state index contributed by atoms with van der Waals surface area (Å²) in [6, 6.07) is 23.4. The molecular formula is C26H30N4O. The van der Waals surface area contributed by atoms with Crippen LogP contribution in [0, 0.1) is 0 Å². The van der Waals surface area contributed by atoms with Crippen LogP contribution in [0.15, 0.2) is 71.7 Å². The molecule has 2 N–H and O–H groups in total. The zero-order chi connectivity index (χ0) is 21.6. The zero-order valence-corrected chi connectivity index (χ0v) is 18.3. The molecule has 31 heavy (non-hydrogen) atoms. The van der Waals surface area contributed by atoms with Crippen molar-refractivity contribution in [1.29, 1.82) is 0 Å². The summed E-state index contributed by atoms with van der Waals surface area (Å²) < 4.78 is 0. The number of rotatable bonds is 6. The first kappa shape index (κ1) is 20.9. The van der Waals surface area contributed by atoms with E-state index >= 15 is 0 Å².